The lowest BCUT2D eigenvalue weighted by Gasteiger charge is -2.07. The molecule has 1 aliphatic rings. The van der Waals surface area contributed by atoms with Gasteiger partial charge in [0.05, 0.1) is 17.2 Å². The first-order chi connectivity index (χ1) is 18.1. The van der Waals surface area contributed by atoms with E-state index in [0.29, 0.717) is 28.9 Å². The lowest BCUT2D eigenvalue weighted by atomic mass is 10.2. The van der Waals surface area contributed by atoms with Crippen LogP contribution in [0.4, 0.5) is 17.5 Å². The van der Waals surface area contributed by atoms with Crippen LogP contribution in [0, 0.1) is 0 Å². The number of hydrogen-bond donors (Lipinski definition) is 5. The molecule has 3 aromatic carbocycles. The van der Waals surface area contributed by atoms with E-state index in [1.54, 1.807) is 12.1 Å². The van der Waals surface area contributed by atoms with E-state index in [0.717, 1.165) is 46.6 Å². The molecule has 1 saturated carbocycles. The van der Waals surface area contributed by atoms with E-state index in [4.69, 9.17) is 16.3 Å². The highest BCUT2D eigenvalue weighted by Crippen LogP contribution is 2.26. The molecule has 6 rings (SSSR count). The van der Waals surface area contributed by atoms with Crippen LogP contribution in [-0.4, -0.2) is 32.1 Å². The number of halogens is 1. The largest absolute Gasteiger partial charge is 0.457 e. The van der Waals surface area contributed by atoms with Crippen LogP contribution >= 0.6 is 11.6 Å². The lowest BCUT2D eigenvalue weighted by molar-refractivity contribution is 0.0952. The van der Waals surface area contributed by atoms with Gasteiger partial charge in [-0.25, -0.2) is 4.98 Å². The van der Waals surface area contributed by atoms with Crippen molar-refractivity contribution in [3.05, 3.63) is 89.1 Å². The number of carbonyl (C=O) groups is 1. The highest BCUT2D eigenvalue weighted by Gasteiger charge is 2.25. The Labute approximate surface area is 217 Å². The molecule has 186 valence electrons. The van der Waals surface area contributed by atoms with E-state index < -0.39 is 0 Å². The van der Waals surface area contributed by atoms with Gasteiger partial charge in [-0.05, 0) is 73.0 Å². The van der Waals surface area contributed by atoms with Crippen LogP contribution in [0.2, 0.25) is 5.02 Å². The van der Waals surface area contributed by atoms with Crippen LogP contribution in [0.25, 0.3) is 11.0 Å². The zero-order valence-electron chi connectivity index (χ0n) is 19.7. The third-order valence-corrected chi connectivity index (χ3v) is 6.23. The maximum atomic E-state index is 12.4. The average Bonchev–Trinajstić information content (AvgIpc) is 3.43. The summed E-state index contributed by atoms with van der Waals surface area (Å²) in [5, 5.41) is 17.1. The predicted octanol–water partition coefficient (Wildman–Crippen LogP) is 5.98. The van der Waals surface area contributed by atoms with Crippen molar-refractivity contribution in [2.45, 2.75) is 25.4 Å². The van der Waals surface area contributed by atoms with Crippen LogP contribution < -0.4 is 20.7 Å². The molecular formula is C27H24ClN7O2. The Morgan fingerprint density at radius 2 is 1.78 bits per heavy atom. The number of H-pyrrole nitrogens is 2. The molecule has 0 unspecified atom stereocenters. The predicted molar refractivity (Wildman–Crippen MR) is 144 cm³/mol. The van der Waals surface area contributed by atoms with Crippen LogP contribution in [-0.2, 0) is 6.54 Å². The second-order valence-electron chi connectivity index (χ2n) is 8.90. The summed E-state index contributed by atoms with van der Waals surface area (Å²) in [5.41, 5.74) is 4.08. The third kappa shape index (κ3) is 5.52. The minimum absolute atomic E-state index is 0.127. The van der Waals surface area contributed by atoms with Crippen LogP contribution in [0.5, 0.6) is 11.5 Å². The molecule has 5 aromatic rings. The summed E-state index contributed by atoms with van der Waals surface area (Å²) in [6.45, 7) is 0.597. The lowest BCUT2D eigenvalue weighted by Crippen LogP contribution is -2.25. The molecule has 9 nitrogen and oxygen atoms in total. The van der Waals surface area contributed by atoms with Gasteiger partial charge in [-0.15, -0.1) is 0 Å². The molecule has 0 bridgehead atoms. The minimum atomic E-state index is -0.127. The van der Waals surface area contributed by atoms with Crippen molar-refractivity contribution in [2.24, 2.45) is 0 Å². The normalized spacial score (nSPS) is 12.9. The topological polar surface area (TPSA) is 120 Å². The highest BCUT2D eigenvalue weighted by molar-refractivity contribution is 6.30. The van der Waals surface area contributed by atoms with Crippen molar-refractivity contribution < 1.29 is 9.53 Å². The molecule has 2 aromatic heterocycles. The molecular weight excluding hydrogens is 490 g/mol. The van der Waals surface area contributed by atoms with Crippen molar-refractivity contribution in [3.8, 4) is 11.5 Å². The zero-order valence-corrected chi connectivity index (χ0v) is 20.5. The number of nitrogens with one attached hydrogen (secondary N) is 5. The van der Waals surface area contributed by atoms with Gasteiger partial charge < -0.3 is 25.7 Å². The highest BCUT2D eigenvalue weighted by atomic mass is 35.5. The number of aromatic nitrogens is 4. The smallest absolute Gasteiger partial charge is 0.256 e. The third-order valence-electron chi connectivity index (χ3n) is 5.98. The summed E-state index contributed by atoms with van der Waals surface area (Å²) in [6, 6.07) is 21.2. The fraction of sp³-hybridized carbons (Fsp3) is 0.148. The number of aromatic amines is 2. The van der Waals surface area contributed by atoms with Crippen LogP contribution in [0.3, 0.4) is 0 Å². The van der Waals surface area contributed by atoms with Gasteiger partial charge in [-0.3, -0.25) is 9.89 Å². The van der Waals surface area contributed by atoms with Crippen molar-refractivity contribution in [2.75, 3.05) is 10.6 Å². The molecule has 0 radical (unpaired) electrons. The number of carbonyl (C=O) groups excluding carboxylic acids is 1. The van der Waals surface area contributed by atoms with Crippen molar-refractivity contribution >= 4 is 46.0 Å². The Morgan fingerprint density at radius 3 is 2.54 bits per heavy atom. The number of ether oxygens (including phenoxy) is 1. The molecule has 0 saturated heterocycles. The number of imidazole rings is 1. The van der Waals surface area contributed by atoms with Gasteiger partial charge in [0.1, 0.15) is 22.9 Å². The van der Waals surface area contributed by atoms with E-state index in [1.807, 2.05) is 54.6 Å². The fourth-order valence-electron chi connectivity index (χ4n) is 3.86. The molecule has 37 heavy (non-hydrogen) atoms. The van der Waals surface area contributed by atoms with Gasteiger partial charge >= 0.3 is 0 Å². The summed E-state index contributed by atoms with van der Waals surface area (Å²) < 4.78 is 5.85. The Bertz CT molecular complexity index is 1540. The van der Waals surface area contributed by atoms with Crippen molar-refractivity contribution in [1.29, 1.82) is 0 Å². The number of rotatable bonds is 9. The Balaban J connectivity index is 1.08. The van der Waals surface area contributed by atoms with Gasteiger partial charge in [0.15, 0.2) is 0 Å². The average molecular weight is 514 g/mol. The first-order valence-corrected chi connectivity index (χ1v) is 12.3. The SMILES string of the molecule is O=C(NC1CC1)c1cn[nH]c1Nc1ccc2nc(NCc3ccc(Oc4ccc(Cl)cc4)cc3)[nH]c2c1. The number of benzene rings is 3. The van der Waals surface area contributed by atoms with E-state index in [-0.39, 0.29) is 11.9 Å². The van der Waals surface area contributed by atoms with E-state index >= 15 is 0 Å². The molecule has 10 heteroatoms. The van der Waals surface area contributed by atoms with E-state index in [1.165, 1.54) is 6.20 Å². The Hall–Kier alpha value is -4.50. The van der Waals surface area contributed by atoms with Crippen molar-refractivity contribution in [3.63, 3.8) is 0 Å². The van der Waals surface area contributed by atoms with Gasteiger partial charge in [0.25, 0.3) is 5.91 Å². The molecule has 1 aliphatic carbocycles. The maximum Gasteiger partial charge on any atom is 0.256 e. The molecule has 0 atom stereocenters. The molecule has 0 spiro atoms. The number of hydrogen-bond acceptors (Lipinski definition) is 6. The molecule has 2 heterocycles. The standard InChI is InChI=1S/C27H24ClN7O2/c28-17-3-10-21(11-4-17)37-20-8-1-16(2-9-20)14-29-27-33-23-12-7-19(13-24(23)34-27)31-25-22(15-30-35-25)26(36)32-18-5-6-18/h1-4,7-13,15,18H,5-6,14H2,(H,32,36)(H2,29,33,34)(H2,30,31,35). The van der Waals surface area contributed by atoms with E-state index in [9.17, 15) is 4.79 Å². The monoisotopic (exact) mass is 513 g/mol. The maximum absolute atomic E-state index is 12.4. The number of anilines is 3. The second kappa shape index (κ2) is 9.87. The van der Waals surface area contributed by atoms with Gasteiger partial charge in [-0.1, -0.05) is 23.7 Å². The number of amides is 1. The first kappa shape index (κ1) is 22.9. The second-order valence-corrected chi connectivity index (χ2v) is 9.34. The van der Waals surface area contributed by atoms with E-state index in [2.05, 4.69) is 36.1 Å². The minimum Gasteiger partial charge on any atom is -0.457 e. The molecule has 5 N–H and O–H groups in total. The van der Waals surface area contributed by atoms with Gasteiger partial charge in [0, 0.05) is 23.3 Å². The number of fused-ring (bicyclic) bond motifs is 1. The Morgan fingerprint density at radius 1 is 1.03 bits per heavy atom. The molecule has 1 fully saturated rings. The summed E-state index contributed by atoms with van der Waals surface area (Å²) in [5.74, 6) is 2.58. The van der Waals surface area contributed by atoms with Crippen molar-refractivity contribution in [1.82, 2.24) is 25.5 Å². The summed E-state index contributed by atoms with van der Waals surface area (Å²) >= 11 is 5.92. The summed E-state index contributed by atoms with van der Waals surface area (Å²) in [4.78, 5) is 20.4. The van der Waals surface area contributed by atoms with Crippen LogP contribution in [0.1, 0.15) is 28.8 Å². The molecule has 0 aliphatic heterocycles. The first-order valence-electron chi connectivity index (χ1n) is 12.0. The number of nitrogens with zero attached hydrogens (tertiary/aromatic N) is 2. The van der Waals surface area contributed by atoms with Gasteiger partial charge in [-0.2, -0.15) is 5.10 Å². The zero-order chi connectivity index (χ0) is 25.2. The van der Waals surface area contributed by atoms with Crippen LogP contribution in [0.15, 0.2) is 72.9 Å². The summed E-state index contributed by atoms with van der Waals surface area (Å²) in [7, 11) is 0. The van der Waals surface area contributed by atoms with Gasteiger partial charge in [0.2, 0.25) is 5.95 Å². The quantitative estimate of drug-likeness (QED) is 0.165. The Kier molecular flexibility index (Phi) is 6.11. The summed E-state index contributed by atoms with van der Waals surface area (Å²) in [6.07, 6.45) is 3.60. The fourth-order valence-corrected chi connectivity index (χ4v) is 3.99. The molecule has 1 amide bonds.